The Morgan fingerprint density at radius 2 is 1.40 bits per heavy atom. The van der Waals surface area contributed by atoms with Crippen molar-refractivity contribution in [1.82, 2.24) is 0 Å². The van der Waals surface area contributed by atoms with Crippen molar-refractivity contribution in [2.24, 2.45) is 0 Å². The second-order valence-corrected chi connectivity index (χ2v) is 10.7. The number of benzene rings is 2. The molecule has 1 unspecified atom stereocenters. The van der Waals surface area contributed by atoms with Crippen LogP contribution in [0.4, 0.5) is 0 Å². The van der Waals surface area contributed by atoms with Crippen molar-refractivity contribution in [2.45, 2.75) is 87.2 Å². The lowest BCUT2D eigenvalue weighted by molar-refractivity contribution is 0.0444. The van der Waals surface area contributed by atoms with Crippen LogP contribution in [0.2, 0.25) is 0 Å². The first-order chi connectivity index (χ1) is 14.5. The summed E-state index contributed by atoms with van der Waals surface area (Å²) in [4.78, 5) is 26.5. The van der Waals surface area contributed by atoms with E-state index in [1.807, 2.05) is 35.7 Å². The number of carbonyl (C=O) groups excluding carboxylic acids is 2. The van der Waals surface area contributed by atoms with E-state index in [4.69, 9.17) is 4.74 Å². The number of ether oxygens (including phenoxy) is 1. The Morgan fingerprint density at radius 3 is 2.03 bits per heavy atom. The number of fused-ring (bicyclic) bond motifs is 2. The van der Waals surface area contributed by atoms with Crippen molar-refractivity contribution in [3.8, 4) is 0 Å². The topological polar surface area (TPSA) is 43.4 Å². The number of thioether (sulfide) groups is 2. The molecule has 0 N–H and O–H groups in total. The molecule has 30 heavy (non-hydrogen) atoms. The van der Waals surface area contributed by atoms with Gasteiger partial charge in [0.1, 0.15) is 0 Å². The molecular weight excluding hydrogens is 412 g/mol. The zero-order valence-electron chi connectivity index (χ0n) is 18.3. The first-order valence-electron chi connectivity index (χ1n) is 11.2. The number of carbonyl (C=O) groups is 2. The van der Waals surface area contributed by atoms with E-state index in [-0.39, 0.29) is 0 Å². The second kappa shape index (κ2) is 11.2. The number of hydrogen-bond donors (Lipinski definition) is 0. The van der Waals surface area contributed by atoms with Gasteiger partial charge >= 0.3 is 11.9 Å². The lowest BCUT2D eigenvalue weighted by atomic mass is 10.0. The zero-order valence-corrected chi connectivity index (χ0v) is 19.9. The fourth-order valence-corrected chi connectivity index (χ4v) is 6.10. The van der Waals surface area contributed by atoms with E-state index in [0.29, 0.717) is 16.4 Å². The number of unbranched alkanes of at least 4 members (excludes halogenated alkanes) is 5. The van der Waals surface area contributed by atoms with Gasteiger partial charge in [-0.05, 0) is 53.6 Å². The third-order valence-corrected chi connectivity index (χ3v) is 7.96. The van der Waals surface area contributed by atoms with Crippen LogP contribution in [-0.4, -0.2) is 22.9 Å². The molecule has 2 aromatic rings. The Hall–Kier alpha value is -1.46. The minimum atomic E-state index is -0.534. The third-order valence-electron chi connectivity index (χ3n) is 5.46. The first-order valence-corrected chi connectivity index (χ1v) is 13.1. The predicted octanol–water partition coefficient (Wildman–Crippen LogP) is 7.88. The van der Waals surface area contributed by atoms with Crippen LogP contribution in [0.15, 0.2) is 34.1 Å². The predicted molar refractivity (Wildman–Crippen MR) is 128 cm³/mol. The fraction of sp³-hybridized carbons (Fsp3) is 0.520. The first kappa shape index (κ1) is 23.2. The fourth-order valence-electron chi connectivity index (χ4n) is 3.71. The van der Waals surface area contributed by atoms with Gasteiger partial charge in [0.25, 0.3) is 0 Å². The van der Waals surface area contributed by atoms with E-state index >= 15 is 0 Å². The second-order valence-electron chi connectivity index (χ2n) is 8.05. The van der Waals surface area contributed by atoms with Crippen LogP contribution in [0.1, 0.15) is 92.9 Å². The van der Waals surface area contributed by atoms with E-state index in [9.17, 15) is 9.59 Å². The van der Waals surface area contributed by atoms with Crippen LogP contribution in [-0.2, 0) is 4.74 Å². The number of esters is 2. The maximum atomic E-state index is 12.0. The lowest BCUT2D eigenvalue weighted by Crippen LogP contribution is -1.97. The van der Waals surface area contributed by atoms with Crippen molar-refractivity contribution >= 4 is 46.2 Å². The molecule has 3 nitrogen and oxygen atoms in total. The molecule has 2 aromatic carbocycles. The lowest BCUT2D eigenvalue weighted by Gasteiger charge is -2.16. The summed E-state index contributed by atoms with van der Waals surface area (Å²) in [5, 5.41) is 2.55. The quantitative estimate of drug-likeness (QED) is 0.144. The highest BCUT2D eigenvalue weighted by molar-refractivity contribution is 8.02. The maximum absolute atomic E-state index is 12.0. The molecule has 3 rings (SSSR count). The van der Waals surface area contributed by atoms with Gasteiger partial charge in [-0.25, -0.2) is 9.59 Å². The van der Waals surface area contributed by atoms with Crippen LogP contribution >= 0.6 is 23.5 Å². The van der Waals surface area contributed by atoms with Gasteiger partial charge in [-0.1, -0.05) is 59.3 Å². The number of hydrogen-bond acceptors (Lipinski definition) is 5. The maximum Gasteiger partial charge on any atom is 0.346 e. The van der Waals surface area contributed by atoms with E-state index in [2.05, 4.69) is 32.9 Å². The van der Waals surface area contributed by atoms with Gasteiger partial charge in [0.2, 0.25) is 0 Å². The summed E-state index contributed by atoms with van der Waals surface area (Å²) in [5.74, 6) is 0.0384. The summed E-state index contributed by atoms with van der Waals surface area (Å²) in [6.45, 7) is 6.78. The molecule has 0 fully saturated rings. The van der Waals surface area contributed by atoms with E-state index < -0.39 is 11.9 Å². The van der Waals surface area contributed by atoms with E-state index in [1.54, 1.807) is 0 Å². The molecule has 0 bridgehead atoms. The molecule has 5 heteroatoms. The van der Waals surface area contributed by atoms with Crippen molar-refractivity contribution in [1.29, 1.82) is 0 Å². The largest absolute Gasteiger partial charge is 0.386 e. The Morgan fingerprint density at radius 1 is 0.800 bits per heavy atom. The third kappa shape index (κ3) is 5.82. The average molecular weight is 445 g/mol. The Balaban J connectivity index is 1.86. The molecule has 0 aliphatic carbocycles. The standard InChI is InChI=1S/C25H32O3S2/c1-4-6-8-10-12-29-22-15-18-13-20-21(25(27)28-24(20)26)14-19(18)16-23(22)30-17(3)11-9-7-5-2/h13-17H,4-12H2,1-3H3. The minimum absolute atomic E-state index is 0.388. The SMILES string of the molecule is CCCCCCSc1cc2cc3c(cc2cc1SC(C)CCCCC)C(=O)OC3=O. The molecule has 0 radical (unpaired) electrons. The van der Waals surface area contributed by atoms with Gasteiger partial charge in [0.05, 0.1) is 11.1 Å². The summed E-state index contributed by atoms with van der Waals surface area (Å²) in [6.07, 6.45) is 10.0. The van der Waals surface area contributed by atoms with Crippen molar-refractivity contribution in [3.63, 3.8) is 0 Å². The van der Waals surface area contributed by atoms with Crippen molar-refractivity contribution in [3.05, 3.63) is 35.4 Å². The van der Waals surface area contributed by atoms with Gasteiger partial charge in [-0.3, -0.25) is 0 Å². The molecule has 1 aliphatic rings. The van der Waals surface area contributed by atoms with Gasteiger partial charge in [-0.2, -0.15) is 0 Å². The van der Waals surface area contributed by atoms with Crippen LogP contribution in [0, 0.1) is 0 Å². The van der Waals surface area contributed by atoms with Gasteiger partial charge < -0.3 is 4.74 Å². The molecule has 1 aliphatic heterocycles. The summed E-state index contributed by atoms with van der Waals surface area (Å²) >= 11 is 3.85. The van der Waals surface area contributed by atoms with Crippen LogP contribution in [0.5, 0.6) is 0 Å². The Labute approximate surface area is 188 Å². The summed E-state index contributed by atoms with van der Waals surface area (Å²) in [6, 6.07) is 8.02. The Kier molecular flexibility index (Phi) is 8.70. The normalized spacial score (nSPS) is 14.2. The summed E-state index contributed by atoms with van der Waals surface area (Å²) < 4.78 is 4.80. The Bertz CT molecular complexity index is 907. The molecule has 0 saturated heterocycles. The van der Waals surface area contributed by atoms with Gasteiger partial charge in [0, 0.05) is 15.0 Å². The van der Waals surface area contributed by atoms with E-state index in [1.165, 1.54) is 61.2 Å². The highest BCUT2D eigenvalue weighted by atomic mass is 32.2. The highest BCUT2D eigenvalue weighted by Crippen LogP contribution is 2.39. The van der Waals surface area contributed by atoms with Gasteiger partial charge in [-0.15, -0.1) is 23.5 Å². The molecule has 0 saturated carbocycles. The summed E-state index contributed by atoms with van der Waals surface area (Å²) in [7, 11) is 0. The zero-order chi connectivity index (χ0) is 21.5. The van der Waals surface area contributed by atoms with Crippen molar-refractivity contribution in [2.75, 3.05) is 5.75 Å². The molecule has 0 aromatic heterocycles. The smallest absolute Gasteiger partial charge is 0.346 e. The molecular formula is C25H32O3S2. The van der Waals surface area contributed by atoms with Crippen LogP contribution < -0.4 is 0 Å². The molecule has 0 spiro atoms. The van der Waals surface area contributed by atoms with Gasteiger partial charge in [0.15, 0.2) is 0 Å². The minimum Gasteiger partial charge on any atom is -0.386 e. The van der Waals surface area contributed by atoms with Crippen LogP contribution in [0.25, 0.3) is 10.8 Å². The summed E-state index contributed by atoms with van der Waals surface area (Å²) in [5.41, 5.74) is 0.777. The molecule has 0 amide bonds. The monoisotopic (exact) mass is 444 g/mol. The average Bonchev–Trinajstić information content (AvgIpc) is 2.99. The molecule has 1 atom stereocenters. The number of cyclic esters (lactones) is 2. The van der Waals surface area contributed by atoms with E-state index in [0.717, 1.165) is 16.5 Å². The number of rotatable bonds is 12. The highest BCUT2D eigenvalue weighted by Gasteiger charge is 2.30. The van der Waals surface area contributed by atoms with Crippen LogP contribution in [0.3, 0.4) is 0 Å². The van der Waals surface area contributed by atoms with Crippen molar-refractivity contribution < 1.29 is 14.3 Å². The molecule has 162 valence electrons. The molecule has 1 heterocycles.